The van der Waals surface area contributed by atoms with Gasteiger partial charge in [-0.05, 0) is 6.42 Å². The molecular formula is C17H26N6O2S. The Morgan fingerprint density at radius 2 is 1.96 bits per heavy atom. The van der Waals surface area contributed by atoms with E-state index in [1.54, 1.807) is 11.6 Å². The molecule has 2 saturated heterocycles. The smallest absolute Gasteiger partial charge is 0.332 e. The summed E-state index contributed by atoms with van der Waals surface area (Å²) in [7, 11) is 1.72. The molecule has 0 unspecified atom stereocenters. The Balaban J connectivity index is 1.95. The van der Waals surface area contributed by atoms with E-state index < -0.39 is 0 Å². The van der Waals surface area contributed by atoms with Crippen LogP contribution in [0.25, 0.3) is 11.2 Å². The average Bonchev–Trinajstić information content (AvgIpc) is 2.99. The Hall–Kier alpha value is -1.74. The standard InChI is InChI=1S/C17H26N6O2S/c1-3-4-7-22-15(24)13-14(20(2)17(22)25)19-16(21-8-5-18-6-9-21)23(13)12-10-26-11-12/h12,18H,3-11H2,1-2H3. The van der Waals surface area contributed by atoms with Crippen molar-refractivity contribution in [3.8, 4) is 0 Å². The molecule has 8 nitrogen and oxygen atoms in total. The minimum atomic E-state index is -0.268. The minimum Gasteiger partial charge on any atom is -0.340 e. The molecular weight excluding hydrogens is 352 g/mol. The fourth-order valence-corrected chi connectivity index (χ4v) is 4.39. The van der Waals surface area contributed by atoms with E-state index in [9.17, 15) is 9.59 Å². The number of thioether (sulfide) groups is 1. The predicted octanol–water partition coefficient (Wildman–Crippen LogP) is 0.394. The first kappa shape index (κ1) is 17.7. The van der Waals surface area contributed by atoms with Crippen LogP contribution in [0, 0.1) is 0 Å². The van der Waals surface area contributed by atoms with Gasteiger partial charge in [0.05, 0.1) is 6.04 Å². The van der Waals surface area contributed by atoms with E-state index in [1.807, 2.05) is 11.8 Å². The number of rotatable bonds is 5. The third kappa shape index (κ3) is 2.77. The summed E-state index contributed by atoms with van der Waals surface area (Å²) in [6, 6.07) is 0.278. The van der Waals surface area contributed by atoms with Gasteiger partial charge >= 0.3 is 5.69 Å². The van der Waals surface area contributed by atoms with E-state index in [2.05, 4.69) is 21.7 Å². The summed E-state index contributed by atoms with van der Waals surface area (Å²) in [6.45, 7) is 6.06. The molecule has 1 N–H and O–H groups in total. The Morgan fingerprint density at radius 3 is 2.58 bits per heavy atom. The SMILES string of the molecule is CCCCn1c(=O)c2c(nc(N3CCNCC3)n2C2CSC2)n(C)c1=O. The molecule has 142 valence electrons. The van der Waals surface area contributed by atoms with Gasteiger partial charge in [-0.2, -0.15) is 16.7 Å². The predicted molar refractivity (Wildman–Crippen MR) is 106 cm³/mol. The highest BCUT2D eigenvalue weighted by atomic mass is 32.2. The van der Waals surface area contributed by atoms with Crippen LogP contribution in [0.15, 0.2) is 9.59 Å². The van der Waals surface area contributed by atoms with E-state index in [4.69, 9.17) is 4.98 Å². The van der Waals surface area contributed by atoms with Gasteiger partial charge in [0.15, 0.2) is 11.2 Å². The van der Waals surface area contributed by atoms with E-state index in [-0.39, 0.29) is 17.3 Å². The molecule has 2 aliphatic rings. The second kappa shape index (κ2) is 7.11. The minimum absolute atomic E-state index is 0.192. The lowest BCUT2D eigenvalue weighted by Gasteiger charge is -2.33. The molecule has 0 atom stereocenters. The van der Waals surface area contributed by atoms with Gasteiger partial charge in [-0.3, -0.25) is 18.5 Å². The van der Waals surface area contributed by atoms with Crippen molar-refractivity contribution in [1.29, 1.82) is 0 Å². The first-order chi connectivity index (χ1) is 12.6. The van der Waals surface area contributed by atoms with Crippen LogP contribution in [-0.2, 0) is 13.6 Å². The maximum absolute atomic E-state index is 13.2. The van der Waals surface area contributed by atoms with Crippen molar-refractivity contribution in [3.05, 3.63) is 20.8 Å². The first-order valence-corrected chi connectivity index (χ1v) is 10.5. The Morgan fingerprint density at radius 1 is 1.23 bits per heavy atom. The number of aryl methyl sites for hydroxylation is 1. The third-order valence-electron chi connectivity index (χ3n) is 5.28. The van der Waals surface area contributed by atoms with Crippen LogP contribution in [0.4, 0.5) is 5.95 Å². The zero-order valence-electron chi connectivity index (χ0n) is 15.4. The third-order valence-corrected chi connectivity index (χ3v) is 6.52. The number of hydrogen-bond donors (Lipinski definition) is 1. The van der Waals surface area contributed by atoms with Gasteiger partial charge in [-0.25, -0.2) is 4.79 Å². The summed E-state index contributed by atoms with van der Waals surface area (Å²) in [4.78, 5) is 32.9. The van der Waals surface area contributed by atoms with Crippen molar-refractivity contribution in [2.45, 2.75) is 32.4 Å². The van der Waals surface area contributed by atoms with Crippen LogP contribution in [0.1, 0.15) is 25.8 Å². The number of nitrogens with zero attached hydrogens (tertiary/aromatic N) is 5. The zero-order valence-corrected chi connectivity index (χ0v) is 16.2. The van der Waals surface area contributed by atoms with E-state index in [1.165, 1.54) is 4.57 Å². The molecule has 0 aromatic carbocycles. The summed E-state index contributed by atoms with van der Waals surface area (Å²) in [5, 5.41) is 3.36. The molecule has 0 aliphatic carbocycles. The van der Waals surface area contributed by atoms with Crippen molar-refractivity contribution in [1.82, 2.24) is 24.0 Å². The summed E-state index contributed by atoms with van der Waals surface area (Å²) in [6.07, 6.45) is 1.76. The van der Waals surface area contributed by atoms with Gasteiger partial charge in [-0.15, -0.1) is 0 Å². The van der Waals surface area contributed by atoms with Crippen molar-refractivity contribution < 1.29 is 0 Å². The molecule has 0 radical (unpaired) electrons. The van der Waals surface area contributed by atoms with Gasteiger partial charge in [0.25, 0.3) is 5.56 Å². The maximum atomic E-state index is 13.2. The first-order valence-electron chi connectivity index (χ1n) is 9.38. The summed E-state index contributed by atoms with van der Waals surface area (Å²) in [5.41, 5.74) is 0.637. The molecule has 26 heavy (non-hydrogen) atoms. The number of piperazine rings is 1. The highest BCUT2D eigenvalue weighted by Crippen LogP contribution is 2.35. The molecule has 2 aliphatic heterocycles. The molecule has 2 aromatic rings. The highest BCUT2D eigenvalue weighted by Gasteiger charge is 2.31. The van der Waals surface area contributed by atoms with Gasteiger partial charge in [0, 0.05) is 51.3 Å². The zero-order chi connectivity index (χ0) is 18.3. The summed E-state index contributed by atoms with van der Waals surface area (Å²) >= 11 is 1.88. The van der Waals surface area contributed by atoms with Crippen molar-refractivity contribution in [3.63, 3.8) is 0 Å². The second-order valence-electron chi connectivity index (χ2n) is 7.03. The molecule has 2 fully saturated rings. The topological polar surface area (TPSA) is 77.1 Å². The highest BCUT2D eigenvalue weighted by molar-refractivity contribution is 8.00. The number of hydrogen-bond acceptors (Lipinski definition) is 6. The van der Waals surface area contributed by atoms with Gasteiger partial charge < -0.3 is 10.2 Å². The molecule has 4 rings (SSSR count). The van der Waals surface area contributed by atoms with Crippen LogP contribution < -0.4 is 21.5 Å². The molecule has 0 saturated carbocycles. The molecule has 4 heterocycles. The average molecular weight is 379 g/mol. The number of nitrogens with one attached hydrogen (secondary N) is 1. The van der Waals surface area contributed by atoms with E-state index in [0.29, 0.717) is 17.7 Å². The fraction of sp³-hybridized carbons (Fsp3) is 0.706. The lowest BCUT2D eigenvalue weighted by Crippen LogP contribution is -2.45. The number of anilines is 1. The maximum Gasteiger partial charge on any atom is 0.332 e. The van der Waals surface area contributed by atoms with E-state index in [0.717, 1.165) is 56.5 Å². The van der Waals surface area contributed by atoms with Gasteiger partial charge in [0.1, 0.15) is 0 Å². The number of imidazole rings is 1. The Labute approximate surface area is 156 Å². The Kier molecular flexibility index (Phi) is 4.83. The van der Waals surface area contributed by atoms with Crippen LogP contribution >= 0.6 is 11.8 Å². The molecule has 0 spiro atoms. The molecule has 2 aromatic heterocycles. The van der Waals surface area contributed by atoms with E-state index >= 15 is 0 Å². The normalized spacial score (nSPS) is 18.5. The lowest BCUT2D eigenvalue weighted by atomic mass is 10.3. The van der Waals surface area contributed by atoms with Crippen LogP contribution in [0.2, 0.25) is 0 Å². The van der Waals surface area contributed by atoms with Gasteiger partial charge in [-0.1, -0.05) is 13.3 Å². The van der Waals surface area contributed by atoms with Crippen molar-refractivity contribution in [2.75, 3.05) is 42.6 Å². The fourth-order valence-electron chi connectivity index (χ4n) is 3.65. The largest absolute Gasteiger partial charge is 0.340 e. The number of aromatic nitrogens is 4. The van der Waals surface area contributed by atoms with Crippen LogP contribution in [0.5, 0.6) is 0 Å². The summed E-state index contributed by atoms with van der Waals surface area (Å²) in [5.74, 6) is 2.82. The lowest BCUT2D eigenvalue weighted by molar-refractivity contribution is 0.540. The van der Waals surface area contributed by atoms with Crippen LogP contribution in [-0.4, -0.2) is 56.4 Å². The van der Waals surface area contributed by atoms with Crippen molar-refractivity contribution >= 4 is 28.9 Å². The molecule has 0 bridgehead atoms. The second-order valence-corrected chi connectivity index (χ2v) is 8.11. The van der Waals surface area contributed by atoms with Crippen molar-refractivity contribution in [2.24, 2.45) is 7.05 Å². The summed E-state index contributed by atoms with van der Waals surface area (Å²) < 4.78 is 5.04. The van der Waals surface area contributed by atoms with Crippen LogP contribution in [0.3, 0.4) is 0 Å². The quantitative estimate of drug-likeness (QED) is 0.811. The number of unbranched alkanes of at least 4 members (excludes halogenated alkanes) is 1. The Bertz CT molecular complexity index is 920. The molecule has 0 amide bonds. The molecule has 9 heteroatoms. The monoisotopic (exact) mass is 378 g/mol. The van der Waals surface area contributed by atoms with Gasteiger partial charge in [0.2, 0.25) is 5.95 Å². The number of fused-ring (bicyclic) bond motifs is 1.